The smallest absolute Gasteiger partial charge is 0.240 e. The molecule has 6 nitrogen and oxygen atoms in total. The van der Waals surface area contributed by atoms with Gasteiger partial charge in [0.15, 0.2) is 5.82 Å². The Morgan fingerprint density at radius 3 is 2.27 bits per heavy atom. The second-order valence-electron chi connectivity index (χ2n) is 6.96. The maximum Gasteiger partial charge on any atom is 0.240 e. The van der Waals surface area contributed by atoms with Crippen LogP contribution in [0.2, 0.25) is 5.02 Å². The van der Waals surface area contributed by atoms with Gasteiger partial charge in [-0.15, -0.1) is 24.8 Å². The summed E-state index contributed by atoms with van der Waals surface area (Å²) in [6, 6.07) is 18.8. The summed E-state index contributed by atoms with van der Waals surface area (Å²) < 4.78 is 5.11. The summed E-state index contributed by atoms with van der Waals surface area (Å²) in [6.07, 6.45) is 0. The molecule has 30 heavy (non-hydrogen) atoms. The van der Waals surface area contributed by atoms with E-state index in [1.54, 1.807) is 0 Å². The fraction of sp³-hybridized carbons (Fsp3) is 0.333. The van der Waals surface area contributed by atoms with Gasteiger partial charge in [0.2, 0.25) is 5.89 Å². The van der Waals surface area contributed by atoms with Crippen molar-refractivity contribution < 1.29 is 4.52 Å². The number of piperazine rings is 1. The van der Waals surface area contributed by atoms with E-state index in [0.29, 0.717) is 18.3 Å². The summed E-state index contributed by atoms with van der Waals surface area (Å²) in [7, 11) is 0. The van der Waals surface area contributed by atoms with Gasteiger partial charge in [-0.05, 0) is 17.2 Å². The van der Waals surface area contributed by atoms with Crippen LogP contribution in [-0.2, 0) is 13.1 Å². The third-order valence-electron chi connectivity index (χ3n) is 5.14. The Hall–Kier alpha value is -1.67. The monoisotopic (exact) mass is 469 g/mol. The molecular weight excluding hydrogens is 445 g/mol. The Bertz CT molecular complexity index is 900. The minimum Gasteiger partial charge on any atom is -0.338 e. The number of benzene rings is 2. The maximum absolute atomic E-state index is 6.57. The number of halogens is 3. The zero-order valence-electron chi connectivity index (χ0n) is 16.5. The number of rotatable bonds is 6. The lowest BCUT2D eigenvalue weighted by Crippen LogP contribution is -2.47. The molecule has 1 saturated heterocycles. The highest BCUT2D eigenvalue weighted by Crippen LogP contribution is 2.33. The molecule has 1 unspecified atom stereocenters. The molecule has 3 aromatic rings. The summed E-state index contributed by atoms with van der Waals surface area (Å²) in [5.41, 5.74) is 7.95. The van der Waals surface area contributed by atoms with Crippen LogP contribution in [0.25, 0.3) is 0 Å². The first-order valence-electron chi connectivity index (χ1n) is 9.52. The van der Waals surface area contributed by atoms with E-state index < -0.39 is 0 Å². The number of hydrogen-bond donors (Lipinski definition) is 1. The molecule has 2 aromatic carbocycles. The van der Waals surface area contributed by atoms with Gasteiger partial charge in [-0.2, -0.15) is 4.98 Å². The van der Waals surface area contributed by atoms with Gasteiger partial charge in [-0.25, -0.2) is 0 Å². The molecule has 0 amide bonds. The molecule has 1 aliphatic heterocycles. The van der Waals surface area contributed by atoms with Crippen LogP contribution in [0, 0.1) is 0 Å². The Labute approximate surface area is 194 Å². The number of hydrogen-bond acceptors (Lipinski definition) is 6. The molecule has 0 radical (unpaired) electrons. The van der Waals surface area contributed by atoms with Gasteiger partial charge >= 0.3 is 0 Å². The summed E-state index contributed by atoms with van der Waals surface area (Å²) >= 11 is 6.57. The zero-order chi connectivity index (χ0) is 19.3. The van der Waals surface area contributed by atoms with Crippen molar-refractivity contribution in [3.05, 3.63) is 82.5 Å². The van der Waals surface area contributed by atoms with Crippen LogP contribution in [0.4, 0.5) is 0 Å². The first-order valence-corrected chi connectivity index (χ1v) is 9.89. The summed E-state index contributed by atoms with van der Waals surface area (Å²) in [5.74, 6) is 1.18. The highest BCUT2D eigenvalue weighted by molar-refractivity contribution is 6.31. The van der Waals surface area contributed by atoms with Crippen molar-refractivity contribution in [1.82, 2.24) is 19.9 Å². The fourth-order valence-electron chi connectivity index (χ4n) is 3.74. The van der Waals surface area contributed by atoms with Crippen LogP contribution >= 0.6 is 36.4 Å². The fourth-order valence-corrected chi connectivity index (χ4v) is 3.98. The maximum atomic E-state index is 6.57. The molecule has 0 aliphatic carbocycles. The van der Waals surface area contributed by atoms with Gasteiger partial charge < -0.3 is 10.3 Å². The van der Waals surface area contributed by atoms with E-state index in [4.69, 9.17) is 21.9 Å². The molecule has 0 saturated carbocycles. The van der Waals surface area contributed by atoms with Crippen LogP contribution in [0.1, 0.15) is 28.9 Å². The second-order valence-corrected chi connectivity index (χ2v) is 7.36. The van der Waals surface area contributed by atoms with Crippen molar-refractivity contribution >= 4 is 36.4 Å². The van der Waals surface area contributed by atoms with Gasteiger partial charge in [0.25, 0.3) is 0 Å². The lowest BCUT2D eigenvalue weighted by Gasteiger charge is -2.39. The molecule has 1 aliphatic rings. The van der Waals surface area contributed by atoms with Crippen LogP contribution in [0.3, 0.4) is 0 Å². The molecule has 1 atom stereocenters. The topological polar surface area (TPSA) is 71.4 Å². The number of nitrogens with two attached hydrogens (primary N) is 1. The first-order chi connectivity index (χ1) is 13.7. The highest BCUT2D eigenvalue weighted by Gasteiger charge is 2.28. The van der Waals surface area contributed by atoms with E-state index in [0.717, 1.165) is 36.8 Å². The number of aromatic nitrogens is 2. The Morgan fingerprint density at radius 1 is 0.967 bits per heavy atom. The normalized spacial score (nSPS) is 15.8. The van der Waals surface area contributed by atoms with E-state index in [1.165, 1.54) is 5.56 Å². The van der Waals surface area contributed by atoms with Crippen molar-refractivity contribution in [2.45, 2.75) is 19.1 Å². The quantitative estimate of drug-likeness (QED) is 0.588. The van der Waals surface area contributed by atoms with Crippen molar-refractivity contribution in [3.8, 4) is 0 Å². The van der Waals surface area contributed by atoms with E-state index in [-0.39, 0.29) is 37.4 Å². The SMILES string of the molecule is Cl.Cl.NCc1nc(CN2CCN(C(c3ccccc3)c3ccccc3Cl)CC2)no1. The van der Waals surface area contributed by atoms with E-state index in [1.807, 2.05) is 18.2 Å². The predicted molar refractivity (Wildman–Crippen MR) is 123 cm³/mol. The van der Waals surface area contributed by atoms with E-state index in [9.17, 15) is 0 Å². The van der Waals surface area contributed by atoms with Gasteiger partial charge in [0.1, 0.15) is 0 Å². The minimum absolute atomic E-state index is 0. The van der Waals surface area contributed by atoms with Crippen molar-refractivity contribution in [3.63, 3.8) is 0 Å². The van der Waals surface area contributed by atoms with Crippen molar-refractivity contribution in [1.29, 1.82) is 0 Å². The van der Waals surface area contributed by atoms with Crippen molar-refractivity contribution in [2.75, 3.05) is 26.2 Å². The average Bonchev–Trinajstić information content (AvgIpc) is 3.19. The summed E-state index contributed by atoms with van der Waals surface area (Å²) in [5, 5.41) is 4.81. The summed E-state index contributed by atoms with van der Waals surface area (Å²) in [4.78, 5) is 9.15. The zero-order valence-corrected chi connectivity index (χ0v) is 18.9. The van der Waals surface area contributed by atoms with Gasteiger partial charge in [-0.3, -0.25) is 9.80 Å². The lowest BCUT2D eigenvalue weighted by atomic mass is 9.96. The molecule has 162 valence electrons. The third kappa shape index (κ3) is 5.72. The molecule has 0 spiro atoms. The average molecular weight is 471 g/mol. The lowest BCUT2D eigenvalue weighted by molar-refractivity contribution is 0.102. The van der Waals surface area contributed by atoms with Gasteiger partial charge in [0.05, 0.1) is 19.1 Å². The van der Waals surface area contributed by atoms with Crippen molar-refractivity contribution in [2.24, 2.45) is 5.73 Å². The Kier molecular flexibility index (Phi) is 9.55. The van der Waals surface area contributed by atoms with Gasteiger partial charge in [0, 0.05) is 31.2 Å². The molecule has 1 aromatic heterocycles. The second kappa shape index (κ2) is 11.6. The molecule has 0 bridgehead atoms. The van der Waals surface area contributed by atoms with Crippen LogP contribution < -0.4 is 5.73 Å². The Balaban J connectivity index is 0.00000160. The van der Waals surface area contributed by atoms with Crippen LogP contribution in [-0.4, -0.2) is 46.1 Å². The molecular formula is C21H26Cl3N5O. The standard InChI is InChI=1S/C21H24ClN5O.2ClH/c22-18-9-5-4-8-17(18)21(16-6-2-1-3-7-16)27-12-10-26(11-13-27)15-19-24-20(14-23)28-25-19;;/h1-9,21H,10-15,23H2;2*1H. The predicted octanol–water partition coefficient (Wildman–Crippen LogP) is 3.93. The Morgan fingerprint density at radius 2 is 1.63 bits per heavy atom. The molecule has 2 N–H and O–H groups in total. The van der Waals surface area contributed by atoms with Crippen LogP contribution in [0.5, 0.6) is 0 Å². The molecule has 1 fully saturated rings. The largest absolute Gasteiger partial charge is 0.338 e. The molecule has 4 rings (SSSR count). The van der Waals surface area contributed by atoms with Gasteiger partial charge in [-0.1, -0.05) is 65.3 Å². The van der Waals surface area contributed by atoms with E-state index in [2.05, 4.69) is 56.3 Å². The molecule has 9 heteroatoms. The number of nitrogens with zero attached hydrogens (tertiary/aromatic N) is 4. The minimum atomic E-state index is 0. The third-order valence-corrected chi connectivity index (χ3v) is 5.48. The first kappa shape index (κ1) is 24.6. The summed E-state index contributed by atoms with van der Waals surface area (Å²) in [6.45, 7) is 4.69. The molecule has 2 heterocycles. The highest BCUT2D eigenvalue weighted by atomic mass is 35.5. The van der Waals surface area contributed by atoms with E-state index >= 15 is 0 Å². The van der Waals surface area contributed by atoms with Crippen LogP contribution in [0.15, 0.2) is 59.1 Å².